The number of Topliss-reactive ketones (excluding diaryl/α,β-unsaturated/α-hetero) is 1. The van der Waals surface area contributed by atoms with Gasteiger partial charge in [0.1, 0.15) is 17.4 Å². The van der Waals surface area contributed by atoms with Gasteiger partial charge in [0, 0.05) is 53.3 Å². The van der Waals surface area contributed by atoms with Gasteiger partial charge in [0.25, 0.3) is 5.56 Å². The first-order chi connectivity index (χ1) is 17.3. The molecule has 0 radical (unpaired) electrons. The van der Waals surface area contributed by atoms with Crippen molar-refractivity contribution in [3.8, 4) is 5.75 Å². The average molecular weight is 488 g/mol. The summed E-state index contributed by atoms with van der Waals surface area (Å²) in [5, 5.41) is 9.61. The molecule has 1 aliphatic rings. The Kier molecular flexibility index (Phi) is 6.28. The summed E-state index contributed by atoms with van der Waals surface area (Å²) < 4.78 is 9.95. The monoisotopic (exact) mass is 487 g/mol. The molecule has 0 spiro atoms. The number of benzene rings is 1. The number of para-hydroxylation sites is 1. The molecular formula is C28H33N5O3. The average Bonchev–Trinajstić information content (AvgIpc) is 3.38. The van der Waals surface area contributed by atoms with E-state index in [0.717, 1.165) is 58.9 Å². The van der Waals surface area contributed by atoms with Crippen LogP contribution in [0.5, 0.6) is 5.75 Å². The van der Waals surface area contributed by atoms with E-state index in [2.05, 4.69) is 37.3 Å². The highest BCUT2D eigenvalue weighted by Crippen LogP contribution is 2.36. The highest BCUT2D eigenvalue weighted by molar-refractivity contribution is 6.09. The number of carbonyl (C=O) groups excluding carboxylic acids is 1. The molecule has 0 saturated carbocycles. The third-order valence-electron chi connectivity index (χ3n) is 7.76. The number of aromatic nitrogens is 5. The number of nitrogens with zero attached hydrogens (tertiary/aromatic N) is 4. The van der Waals surface area contributed by atoms with E-state index >= 15 is 0 Å². The number of hydrogen-bond donors (Lipinski definition) is 1. The molecule has 5 rings (SSSR count). The van der Waals surface area contributed by atoms with E-state index in [4.69, 9.17) is 4.74 Å². The van der Waals surface area contributed by atoms with Crippen LogP contribution >= 0.6 is 0 Å². The summed E-state index contributed by atoms with van der Waals surface area (Å²) in [7, 11) is 1.55. The summed E-state index contributed by atoms with van der Waals surface area (Å²) in [6.45, 7) is 9.02. The topological polar surface area (TPSA) is 94.8 Å². The predicted octanol–water partition coefficient (Wildman–Crippen LogP) is 4.49. The quantitative estimate of drug-likeness (QED) is 0.388. The third kappa shape index (κ3) is 4.04. The Morgan fingerprint density at radius 3 is 2.78 bits per heavy atom. The van der Waals surface area contributed by atoms with Gasteiger partial charge in [-0.3, -0.25) is 9.59 Å². The van der Waals surface area contributed by atoms with Gasteiger partial charge in [0.2, 0.25) is 0 Å². The Hall–Kier alpha value is -3.68. The van der Waals surface area contributed by atoms with Crippen LogP contribution in [0.1, 0.15) is 64.8 Å². The first-order valence-corrected chi connectivity index (χ1v) is 12.6. The molecule has 0 amide bonds. The van der Waals surface area contributed by atoms with Crippen LogP contribution in [0.3, 0.4) is 0 Å². The number of hydrogen-bond acceptors (Lipinski definition) is 5. The molecule has 0 aliphatic carbocycles. The van der Waals surface area contributed by atoms with Gasteiger partial charge >= 0.3 is 0 Å². The van der Waals surface area contributed by atoms with Crippen molar-refractivity contribution in [2.75, 3.05) is 7.11 Å². The number of rotatable bonds is 7. The molecule has 3 aromatic heterocycles. The number of aryl methyl sites for hydroxylation is 2. The smallest absolute Gasteiger partial charge is 0.255 e. The highest BCUT2D eigenvalue weighted by Gasteiger charge is 2.30. The lowest BCUT2D eigenvalue weighted by atomic mass is 9.90. The summed E-state index contributed by atoms with van der Waals surface area (Å²) in [6, 6.07) is 10.1. The normalized spacial score (nSPS) is 16.2. The second-order valence-electron chi connectivity index (χ2n) is 9.91. The lowest BCUT2D eigenvalue weighted by molar-refractivity contribution is 0.0983. The molecule has 1 N–H and O–H groups in total. The van der Waals surface area contributed by atoms with Gasteiger partial charge < -0.3 is 18.9 Å². The Balaban J connectivity index is 1.46. The molecule has 1 unspecified atom stereocenters. The fourth-order valence-electron chi connectivity index (χ4n) is 5.86. The lowest BCUT2D eigenvalue weighted by Gasteiger charge is -2.31. The van der Waals surface area contributed by atoms with Crippen molar-refractivity contribution in [1.82, 2.24) is 24.3 Å². The molecular weight excluding hydrogens is 454 g/mol. The van der Waals surface area contributed by atoms with Crippen LogP contribution in [0.4, 0.5) is 0 Å². The largest absolute Gasteiger partial charge is 0.496 e. The molecule has 8 heteroatoms. The van der Waals surface area contributed by atoms with Gasteiger partial charge in [-0.2, -0.15) is 0 Å². The summed E-state index contributed by atoms with van der Waals surface area (Å²) in [6.07, 6.45) is 2.47. The maximum Gasteiger partial charge on any atom is 0.255 e. The van der Waals surface area contributed by atoms with E-state index in [-0.39, 0.29) is 23.8 Å². The Labute approximate surface area is 210 Å². The fourth-order valence-corrected chi connectivity index (χ4v) is 5.86. The second-order valence-corrected chi connectivity index (χ2v) is 9.91. The number of fused-ring (bicyclic) bond motifs is 2. The van der Waals surface area contributed by atoms with Crippen molar-refractivity contribution in [1.29, 1.82) is 0 Å². The zero-order valence-electron chi connectivity index (χ0n) is 21.6. The van der Waals surface area contributed by atoms with Crippen molar-refractivity contribution in [3.05, 3.63) is 74.8 Å². The minimum Gasteiger partial charge on any atom is -0.496 e. The van der Waals surface area contributed by atoms with Crippen LogP contribution in [0.25, 0.3) is 10.9 Å². The number of carbonyl (C=O) groups is 1. The van der Waals surface area contributed by atoms with Gasteiger partial charge in [0.05, 0.1) is 12.7 Å². The molecule has 4 heterocycles. The molecule has 188 valence electrons. The lowest BCUT2D eigenvalue weighted by Crippen LogP contribution is -2.27. The van der Waals surface area contributed by atoms with E-state index < -0.39 is 0 Å². The van der Waals surface area contributed by atoms with E-state index in [0.29, 0.717) is 23.7 Å². The van der Waals surface area contributed by atoms with Crippen molar-refractivity contribution in [3.63, 3.8) is 0 Å². The number of H-pyrrole nitrogens is 1. The molecule has 0 bridgehead atoms. The van der Waals surface area contributed by atoms with E-state index in [9.17, 15) is 9.59 Å². The van der Waals surface area contributed by atoms with Crippen LogP contribution in [-0.4, -0.2) is 37.2 Å². The third-order valence-corrected chi connectivity index (χ3v) is 7.76. The first kappa shape index (κ1) is 24.0. The van der Waals surface area contributed by atoms with Gasteiger partial charge in [-0.1, -0.05) is 18.2 Å². The zero-order valence-corrected chi connectivity index (χ0v) is 21.6. The van der Waals surface area contributed by atoms with Gasteiger partial charge in [-0.05, 0) is 58.6 Å². The molecule has 1 aromatic carbocycles. The second kappa shape index (κ2) is 9.41. The Morgan fingerprint density at radius 1 is 1.22 bits per heavy atom. The van der Waals surface area contributed by atoms with Crippen LogP contribution < -0.4 is 10.3 Å². The predicted molar refractivity (Wildman–Crippen MR) is 139 cm³/mol. The van der Waals surface area contributed by atoms with E-state index in [1.807, 2.05) is 39.0 Å². The van der Waals surface area contributed by atoms with Crippen molar-refractivity contribution in [2.24, 2.45) is 5.92 Å². The minimum absolute atomic E-state index is 0.0377. The summed E-state index contributed by atoms with van der Waals surface area (Å²) in [5.41, 5.74) is 3.83. The number of aromatic amines is 1. The fraction of sp³-hybridized carbons (Fsp3) is 0.429. The first-order valence-electron chi connectivity index (χ1n) is 12.6. The van der Waals surface area contributed by atoms with Crippen LogP contribution in [0.15, 0.2) is 35.1 Å². The molecule has 2 atom stereocenters. The van der Waals surface area contributed by atoms with E-state index in [1.165, 1.54) is 0 Å². The number of ketones is 1. The standard InChI is InChI=1S/C28H33N5O3/c1-16-14-25(36-5)22(28(35)29-16)10-11-24(34)27-18(3)33(23-9-7-6-8-21(23)27)17(2)20-12-13-32-19(4)30-31-26(32)15-20/h6-9,14,17,20H,10-13,15H2,1-5H3,(H,29,35)/t17-,20?/m1/s1. The highest BCUT2D eigenvalue weighted by atomic mass is 16.5. The maximum atomic E-state index is 13.6. The van der Waals surface area contributed by atoms with Crippen molar-refractivity contribution >= 4 is 16.7 Å². The van der Waals surface area contributed by atoms with Crippen LogP contribution in [0.2, 0.25) is 0 Å². The number of methoxy groups -OCH3 is 1. The number of nitrogens with one attached hydrogen (secondary N) is 1. The minimum atomic E-state index is -0.201. The van der Waals surface area contributed by atoms with Gasteiger partial charge in [-0.15, -0.1) is 10.2 Å². The summed E-state index contributed by atoms with van der Waals surface area (Å²) in [5.74, 6) is 2.97. The SMILES string of the molecule is COc1cc(C)[nH]c(=O)c1CCC(=O)c1c(C)n([C@H](C)C2CCn3c(C)nnc3C2)c2ccccc12. The Morgan fingerprint density at radius 2 is 2.00 bits per heavy atom. The zero-order chi connectivity index (χ0) is 25.6. The maximum absolute atomic E-state index is 13.6. The molecule has 1 aliphatic heterocycles. The van der Waals surface area contributed by atoms with Gasteiger partial charge in [-0.25, -0.2) is 0 Å². The Bertz CT molecular complexity index is 1510. The molecule has 4 aromatic rings. The van der Waals surface area contributed by atoms with Crippen molar-refractivity contribution in [2.45, 2.75) is 66.0 Å². The molecule has 0 fully saturated rings. The van der Waals surface area contributed by atoms with Gasteiger partial charge in [0.15, 0.2) is 5.78 Å². The van der Waals surface area contributed by atoms with E-state index in [1.54, 1.807) is 13.2 Å². The summed E-state index contributed by atoms with van der Waals surface area (Å²) in [4.78, 5) is 29.0. The molecule has 36 heavy (non-hydrogen) atoms. The molecule has 0 saturated heterocycles. The number of ether oxygens (including phenoxy) is 1. The van der Waals surface area contributed by atoms with Crippen LogP contribution in [0, 0.1) is 26.7 Å². The summed E-state index contributed by atoms with van der Waals surface area (Å²) >= 11 is 0. The van der Waals surface area contributed by atoms with Crippen LogP contribution in [-0.2, 0) is 19.4 Å². The number of pyridine rings is 1. The van der Waals surface area contributed by atoms with Crippen molar-refractivity contribution < 1.29 is 9.53 Å². The molecule has 8 nitrogen and oxygen atoms in total.